The van der Waals surface area contributed by atoms with E-state index in [4.69, 9.17) is 0 Å². The fraction of sp³-hybridized carbons (Fsp3) is 1.00. The van der Waals surface area contributed by atoms with E-state index in [2.05, 4.69) is 31.8 Å². The predicted octanol–water partition coefficient (Wildman–Crippen LogP) is 1.31. The molecule has 50 valence electrons. The molecule has 0 fully saturated rings. The van der Waals surface area contributed by atoms with Gasteiger partial charge < -0.3 is 0 Å². The SMILES string of the molecule is C[CH2][GeH]([CH2]C)[N](C)C. The van der Waals surface area contributed by atoms with Crippen molar-refractivity contribution in [1.29, 1.82) is 0 Å². The molecular weight excluding hydrogens is 159 g/mol. The van der Waals surface area contributed by atoms with Gasteiger partial charge in [-0.25, -0.2) is 0 Å². The van der Waals surface area contributed by atoms with E-state index in [-0.39, 0.29) is 0 Å². The minimum absolute atomic E-state index is 0.859. The third kappa shape index (κ3) is 2.72. The summed E-state index contributed by atoms with van der Waals surface area (Å²) >= 11 is -0.859. The number of rotatable bonds is 3. The maximum absolute atomic E-state index is 2.47. The van der Waals surface area contributed by atoms with Gasteiger partial charge in [-0.1, -0.05) is 0 Å². The second kappa shape index (κ2) is 4.39. The van der Waals surface area contributed by atoms with Crippen LogP contribution in [0.5, 0.6) is 0 Å². The fourth-order valence-corrected chi connectivity index (χ4v) is 5.29. The average molecular weight is 176 g/mol. The standard InChI is InChI=1S/C6H17GeN/c1-5-7(6-2)8(3)4/h7H,5-6H2,1-4H3. The van der Waals surface area contributed by atoms with Gasteiger partial charge in [0.15, 0.2) is 0 Å². The molecule has 0 aliphatic rings. The van der Waals surface area contributed by atoms with E-state index >= 15 is 0 Å². The first-order chi connectivity index (χ1) is 3.72. The molecule has 0 amide bonds. The van der Waals surface area contributed by atoms with Gasteiger partial charge in [-0.3, -0.25) is 0 Å². The van der Waals surface area contributed by atoms with Crippen molar-refractivity contribution in [3.63, 3.8) is 0 Å². The molecule has 0 aromatic heterocycles. The summed E-state index contributed by atoms with van der Waals surface area (Å²) < 4.78 is 2.47. The van der Waals surface area contributed by atoms with Crippen molar-refractivity contribution in [2.75, 3.05) is 14.1 Å². The first-order valence-corrected chi connectivity index (χ1v) is 7.89. The molecule has 0 saturated heterocycles. The Bertz CT molecular complexity index is 50.5. The van der Waals surface area contributed by atoms with Crippen molar-refractivity contribution >= 4 is 14.6 Å². The van der Waals surface area contributed by atoms with E-state index in [9.17, 15) is 0 Å². The molecule has 0 bridgehead atoms. The van der Waals surface area contributed by atoms with Gasteiger partial charge in [0.2, 0.25) is 0 Å². The van der Waals surface area contributed by atoms with E-state index in [1.54, 1.807) is 0 Å². The molecule has 0 radical (unpaired) electrons. The van der Waals surface area contributed by atoms with Gasteiger partial charge in [0.1, 0.15) is 0 Å². The summed E-state index contributed by atoms with van der Waals surface area (Å²) in [5.41, 5.74) is 0. The summed E-state index contributed by atoms with van der Waals surface area (Å²) in [7, 11) is 4.44. The van der Waals surface area contributed by atoms with Crippen LogP contribution < -0.4 is 0 Å². The first-order valence-electron chi connectivity index (χ1n) is 3.38. The van der Waals surface area contributed by atoms with Crippen molar-refractivity contribution in [2.45, 2.75) is 24.4 Å². The Balaban J connectivity index is 3.35. The van der Waals surface area contributed by atoms with E-state index in [0.29, 0.717) is 0 Å². The van der Waals surface area contributed by atoms with Crippen molar-refractivity contribution in [3.8, 4) is 0 Å². The molecule has 0 heterocycles. The molecule has 2 heteroatoms. The second-order valence-corrected chi connectivity index (χ2v) is 10.8. The quantitative estimate of drug-likeness (QED) is 0.585. The Morgan fingerprint density at radius 2 is 1.50 bits per heavy atom. The summed E-state index contributed by atoms with van der Waals surface area (Å²) in [4.78, 5) is 0. The van der Waals surface area contributed by atoms with E-state index < -0.39 is 14.6 Å². The molecule has 0 rings (SSSR count). The van der Waals surface area contributed by atoms with Crippen LogP contribution in [-0.4, -0.2) is 32.5 Å². The Hall–Kier alpha value is 0.503. The van der Waals surface area contributed by atoms with Gasteiger partial charge in [0, 0.05) is 0 Å². The van der Waals surface area contributed by atoms with Gasteiger partial charge in [-0.05, 0) is 0 Å². The topological polar surface area (TPSA) is 3.24 Å². The van der Waals surface area contributed by atoms with Crippen LogP contribution in [0.1, 0.15) is 13.8 Å². The zero-order valence-corrected chi connectivity index (χ0v) is 8.86. The monoisotopic (exact) mass is 177 g/mol. The van der Waals surface area contributed by atoms with Crippen LogP contribution in [0.25, 0.3) is 0 Å². The van der Waals surface area contributed by atoms with Crippen LogP contribution in [-0.2, 0) is 0 Å². The summed E-state index contributed by atoms with van der Waals surface area (Å²) in [6.45, 7) is 4.63. The van der Waals surface area contributed by atoms with Crippen molar-refractivity contribution < 1.29 is 0 Å². The Morgan fingerprint density at radius 1 is 1.12 bits per heavy atom. The van der Waals surface area contributed by atoms with Gasteiger partial charge in [-0.2, -0.15) is 0 Å². The zero-order valence-electron chi connectivity index (χ0n) is 6.44. The Kier molecular flexibility index (Phi) is 4.66. The number of nitrogens with zero attached hydrogens (tertiary/aromatic N) is 1. The van der Waals surface area contributed by atoms with Crippen LogP contribution in [0.3, 0.4) is 0 Å². The summed E-state index contributed by atoms with van der Waals surface area (Å²) in [6, 6.07) is 0. The molecule has 0 spiro atoms. The molecule has 0 aliphatic carbocycles. The molecule has 0 aliphatic heterocycles. The van der Waals surface area contributed by atoms with Crippen molar-refractivity contribution in [2.24, 2.45) is 0 Å². The summed E-state index contributed by atoms with van der Waals surface area (Å²) in [6.07, 6.45) is 0. The zero-order chi connectivity index (χ0) is 6.57. The molecule has 0 atom stereocenters. The van der Waals surface area contributed by atoms with Crippen LogP contribution >= 0.6 is 0 Å². The average Bonchev–Trinajstić information content (AvgIpc) is 1.69. The Labute approximate surface area is 57.4 Å². The normalized spacial score (nSPS) is 11.2. The van der Waals surface area contributed by atoms with E-state index in [1.165, 1.54) is 10.5 Å². The van der Waals surface area contributed by atoms with Crippen LogP contribution in [0.2, 0.25) is 10.5 Å². The number of hydrogen-bond donors (Lipinski definition) is 0. The molecule has 0 N–H and O–H groups in total. The summed E-state index contributed by atoms with van der Waals surface area (Å²) in [5.74, 6) is 0. The molecule has 0 aromatic carbocycles. The van der Waals surface area contributed by atoms with Gasteiger partial charge >= 0.3 is 56.9 Å². The molecular formula is C6H17GeN. The van der Waals surface area contributed by atoms with Crippen LogP contribution in [0, 0.1) is 0 Å². The third-order valence-corrected chi connectivity index (χ3v) is 8.69. The molecule has 8 heavy (non-hydrogen) atoms. The molecule has 0 unspecified atom stereocenters. The van der Waals surface area contributed by atoms with Crippen molar-refractivity contribution in [3.05, 3.63) is 0 Å². The number of hydrogen-bond acceptors (Lipinski definition) is 1. The fourth-order valence-electron chi connectivity index (χ4n) is 1.02. The molecule has 0 saturated carbocycles. The maximum atomic E-state index is 2.47. The van der Waals surface area contributed by atoms with Crippen LogP contribution in [0.15, 0.2) is 0 Å². The van der Waals surface area contributed by atoms with Crippen molar-refractivity contribution in [1.82, 2.24) is 3.86 Å². The second-order valence-electron chi connectivity index (χ2n) is 2.43. The van der Waals surface area contributed by atoms with Gasteiger partial charge in [0.25, 0.3) is 0 Å². The van der Waals surface area contributed by atoms with Gasteiger partial charge in [0.05, 0.1) is 0 Å². The summed E-state index contributed by atoms with van der Waals surface area (Å²) in [5, 5.41) is 2.91. The first kappa shape index (κ1) is 8.50. The molecule has 1 nitrogen and oxygen atoms in total. The van der Waals surface area contributed by atoms with E-state index in [1.807, 2.05) is 0 Å². The third-order valence-electron chi connectivity index (χ3n) is 1.67. The van der Waals surface area contributed by atoms with Crippen LogP contribution in [0.4, 0.5) is 0 Å². The predicted molar refractivity (Wildman–Crippen MR) is 41.8 cm³/mol. The minimum atomic E-state index is -0.859. The van der Waals surface area contributed by atoms with E-state index in [0.717, 1.165) is 0 Å². The molecule has 0 aromatic rings. The van der Waals surface area contributed by atoms with Gasteiger partial charge in [-0.15, -0.1) is 0 Å². The Morgan fingerprint density at radius 3 is 1.50 bits per heavy atom.